The van der Waals surface area contributed by atoms with Crippen LogP contribution in [0.5, 0.6) is 0 Å². The Bertz CT molecular complexity index is 966. The Morgan fingerprint density at radius 1 is 1.17 bits per heavy atom. The molecule has 7 heteroatoms. The third-order valence-electron chi connectivity index (χ3n) is 4.99. The second-order valence-corrected chi connectivity index (χ2v) is 8.49. The van der Waals surface area contributed by atoms with Gasteiger partial charge in [0.25, 0.3) is 5.91 Å². The first-order chi connectivity index (χ1) is 13.8. The first kappa shape index (κ1) is 21.0. The number of fused-ring (bicyclic) bond motifs is 1. The number of carbonyl (C=O) groups excluding carboxylic acids is 2. The second-order valence-electron chi connectivity index (χ2n) is 7.43. The maximum Gasteiger partial charge on any atom is 0.277 e. The van der Waals surface area contributed by atoms with E-state index >= 15 is 0 Å². The number of amides is 2. The minimum atomic E-state index is -0.207. The monoisotopic (exact) mass is 411 g/mol. The fraction of sp³-hybridized carbons (Fsp3) is 0.318. The second kappa shape index (κ2) is 9.15. The van der Waals surface area contributed by atoms with E-state index in [1.807, 2.05) is 56.4 Å². The molecular formula is C22H27N4O2S+. The van der Waals surface area contributed by atoms with Crippen LogP contribution in [-0.4, -0.2) is 48.9 Å². The van der Waals surface area contributed by atoms with Gasteiger partial charge < -0.3 is 15.1 Å². The molecule has 29 heavy (non-hydrogen) atoms. The molecular weight excluding hydrogens is 384 g/mol. The lowest BCUT2D eigenvalue weighted by Crippen LogP contribution is -3.10. The van der Waals surface area contributed by atoms with Crippen LogP contribution in [0.2, 0.25) is 0 Å². The number of quaternary nitrogens is 1. The lowest BCUT2D eigenvalue weighted by Gasteiger charge is -2.23. The van der Waals surface area contributed by atoms with E-state index in [2.05, 4.69) is 18.3 Å². The van der Waals surface area contributed by atoms with Crippen LogP contribution >= 0.6 is 11.3 Å². The molecule has 0 aliphatic carbocycles. The summed E-state index contributed by atoms with van der Waals surface area (Å²) in [6.45, 7) is 4.39. The van der Waals surface area contributed by atoms with Crippen LogP contribution in [0.3, 0.4) is 0 Å². The molecule has 1 heterocycles. The smallest absolute Gasteiger partial charge is 0.277 e. The number of thiazole rings is 1. The summed E-state index contributed by atoms with van der Waals surface area (Å²) in [6.07, 6.45) is 0. The van der Waals surface area contributed by atoms with E-state index in [9.17, 15) is 9.59 Å². The number of hydrogen-bond donors (Lipinski definition) is 2. The lowest BCUT2D eigenvalue weighted by molar-refractivity contribution is -0.902. The van der Waals surface area contributed by atoms with Gasteiger partial charge in [-0.2, -0.15) is 0 Å². The summed E-state index contributed by atoms with van der Waals surface area (Å²) in [5.74, 6) is -0.281. The Kier molecular flexibility index (Phi) is 6.61. The average molecular weight is 412 g/mol. The predicted molar refractivity (Wildman–Crippen MR) is 117 cm³/mol. The molecule has 2 aromatic carbocycles. The maximum absolute atomic E-state index is 12.6. The van der Waals surface area contributed by atoms with Crippen LogP contribution in [0.1, 0.15) is 23.5 Å². The highest BCUT2D eigenvalue weighted by Crippen LogP contribution is 2.24. The van der Waals surface area contributed by atoms with Gasteiger partial charge in [0.05, 0.1) is 23.8 Å². The number of benzene rings is 2. The third kappa shape index (κ3) is 5.40. The molecule has 0 spiro atoms. The molecule has 0 radical (unpaired) electrons. The van der Waals surface area contributed by atoms with Crippen LogP contribution in [0.4, 0.5) is 5.69 Å². The molecule has 152 valence electrons. The normalized spacial score (nSPS) is 13.1. The Morgan fingerprint density at radius 2 is 1.86 bits per heavy atom. The fourth-order valence-electron chi connectivity index (χ4n) is 2.95. The number of para-hydroxylation sites is 1. The van der Waals surface area contributed by atoms with E-state index in [0.29, 0.717) is 6.54 Å². The molecule has 3 aromatic rings. The van der Waals surface area contributed by atoms with E-state index in [1.165, 1.54) is 4.90 Å². The van der Waals surface area contributed by atoms with Crippen molar-refractivity contribution in [3.05, 3.63) is 59.1 Å². The summed E-state index contributed by atoms with van der Waals surface area (Å²) in [7, 11) is 3.64. The van der Waals surface area contributed by atoms with Crippen LogP contribution in [0.15, 0.2) is 48.5 Å². The number of hydrogen-bond acceptors (Lipinski definition) is 4. The SMILES string of the molecule is Cc1ccc(NC(=O)CN(C)C(=O)C[NH+](C)[C@H](C)c2nc3ccccc3s2)cc1. The molecule has 0 fully saturated rings. The number of aryl methyl sites for hydroxylation is 1. The van der Waals surface area contributed by atoms with Crippen molar-refractivity contribution in [2.24, 2.45) is 0 Å². The Balaban J connectivity index is 1.53. The van der Waals surface area contributed by atoms with E-state index in [-0.39, 0.29) is 24.4 Å². The Labute approximate surface area is 175 Å². The number of rotatable bonds is 7. The number of carbonyl (C=O) groups is 2. The highest BCUT2D eigenvalue weighted by Gasteiger charge is 2.24. The summed E-state index contributed by atoms with van der Waals surface area (Å²) in [4.78, 5) is 32.0. The average Bonchev–Trinajstić information content (AvgIpc) is 3.13. The van der Waals surface area contributed by atoms with Gasteiger partial charge in [-0.25, -0.2) is 4.98 Å². The van der Waals surface area contributed by atoms with Gasteiger partial charge in [0.15, 0.2) is 11.6 Å². The molecule has 1 aromatic heterocycles. The molecule has 0 saturated carbocycles. The van der Waals surface area contributed by atoms with E-state index in [4.69, 9.17) is 4.98 Å². The maximum atomic E-state index is 12.6. The first-order valence-corrected chi connectivity index (χ1v) is 10.4. The van der Waals surface area contributed by atoms with Crippen molar-refractivity contribution in [1.29, 1.82) is 0 Å². The van der Waals surface area contributed by atoms with E-state index < -0.39 is 0 Å². The first-order valence-electron chi connectivity index (χ1n) is 9.61. The largest absolute Gasteiger partial charge is 0.332 e. The summed E-state index contributed by atoms with van der Waals surface area (Å²) in [5.41, 5.74) is 2.85. The van der Waals surface area contributed by atoms with Gasteiger partial charge in [-0.05, 0) is 38.1 Å². The van der Waals surface area contributed by atoms with Crippen molar-refractivity contribution in [2.45, 2.75) is 19.9 Å². The molecule has 6 nitrogen and oxygen atoms in total. The van der Waals surface area contributed by atoms with Crippen molar-refractivity contribution in [1.82, 2.24) is 9.88 Å². The van der Waals surface area contributed by atoms with Gasteiger partial charge in [0, 0.05) is 12.7 Å². The van der Waals surface area contributed by atoms with Crippen LogP contribution < -0.4 is 10.2 Å². The van der Waals surface area contributed by atoms with Crippen LogP contribution in [-0.2, 0) is 9.59 Å². The number of likely N-dealkylation sites (N-methyl/N-ethyl adjacent to an activating group) is 2. The quantitative estimate of drug-likeness (QED) is 0.627. The Morgan fingerprint density at radius 3 is 2.55 bits per heavy atom. The molecule has 0 aliphatic rings. The summed E-state index contributed by atoms with van der Waals surface area (Å²) in [5, 5.41) is 3.83. The van der Waals surface area contributed by atoms with Gasteiger partial charge in [0.1, 0.15) is 6.04 Å². The van der Waals surface area contributed by atoms with E-state index in [1.54, 1.807) is 18.4 Å². The van der Waals surface area contributed by atoms with Crippen molar-refractivity contribution >= 4 is 39.1 Å². The van der Waals surface area contributed by atoms with Gasteiger partial charge in [0.2, 0.25) is 5.91 Å². The molecule has 1 unspecified atom stereocenters. The van der Waals surface area contributed by atoms with Crippen LogP contribution in [0, 0.1) is 6.92 Å². The minimum Gasteiger partial charge on any atom is -0.332 e. The molecule has 0 saturated heterocycles. The van der Waals surface area contributed by atoms with Crippen molar-refractivity contribution in [3.63, 3.8) is 0 Å². The summed E-state index contributed by atoms with van der Waals surface area (Å²) < 4.78 is 1.15. The predicted octanol–water partition coefficient (Wildman–Crippen LogP) is 2.28. The zero-order chi connectivity index (χ0) is 21.0. The highest BCUT2D eigenvalue weighted by molar-refractivity contribution is 7.18. The minimum absolute atomic E-state index is 0.0233. The fourth-order valence-corrected chi connectivity index (χ4v) is 4.07. The molecule has 0 aliphatic heterocycles. The zero-order valence-corrected chi connectivity index (χ0v) is 18.0. The number of aromatic nitrogens is 1. The molecule has 0 bridgehead atoms. The highest BCUT2D eigenvalue weighted by atomic mass is 32.1. The molecule has 2 amide bonds. The van der Waals surface area contributed by atoms with Crippen molar-refractivity contribution in [2.75, 3.05) is 32.5 Å². The molecule has 3 rings (SSSR count). The number of anilines is 1. The van der Waals surface area contributed by atoms with Gasteiger partial charge in [-0.1, -0.05) is 29.8 Å². The van der Waals surface area contributed by atoms with Crippen molar-refractivity contribution in [3.8, 4) is 0 Å². The summed E-state index contributed by atoms with van der Waals surface area (Å²) in [6, 6.07) is 15.7. The van der Waals surface area contributed by atoms with Gasteiger partial charge in [-0.3, -0.25) is 9.59 Å². The molecule has 2 N–H and O–H groups in total. The molecule has 2 atom stereocenters. The van der Waals surface area contributed by atoms with Gasteiger partial charge in [-0.15, -0.1) is 11.3 Å². The lowest BCUT2D eigenvalue weighted by atomic mass is 10.2. The van der Waals surface area contributed by atoms with Gasteiger partial charge >= 0.3 is 0 Å². The zero-order valence-electron chi connectivity index (χ0n) is 17.2. The topological polar surface area (TPSA) is 66.7 Å². The van der Waals surface area contributed by atoms with Crippen LogP contribution in [0.25, 0.3) is 10.2 Å². The standard InChI is InChI=1S/C22H26N4O2S/c1-15-9-11-17(12-10-15)23-20(27)13-26(4)21(28)14-25(3)16(2)22-24-18-7-5-6-8-19(18)29-22/h5-12,16H,13-14H2,1-4H3,(H,23,27)/p+1/t16-/m1/s1. The summed E-state index contributed by atoms with van der Waals surface area (Å²) >= 11 is 1.66. The number of nitrogens with one attached hydrogen (secondary N) is 2. The van der Waals surface area contributed by atoms with Crippen molar-refractivity contribution < 1.29 is 14.5 Å². The third-order valence-corrected chi connectivity index (χ3v) is 6.21. The Hall–Kier alpha value is -2.77. The van der Waals surface area contributed by atoms with E-state index in [0.717, 1.165) is 31.4 Å². The number of nitrogens with zero attached hydrogens (tertiary/aromatic N) is 2.